The summed E-state index contributed by atoms with van der Waals surface area (Å²) < 4.78 is 12.7. The number of hydrogen-bond acceptors (Lipinski definition) is 7. The van der Waals surface area contributed by atoms with Gasteiger partial charge in [-0.05, 0) is 47.5 Å². The number of nitrogens with zero attached hydrogens (tertiary/aromatic N) is 2. The highest BCUT2D eigenvalue weighted by atomic mass is 79.9. The van der Waals surface area contributed by atoms with Gasteiger partial charge in [0.2, 0.25) is 0 Å². The van der Waals surface area contributed by atoms with E-state index < -0.39 is 4.92 Å². The number of halogens is 1. The number of non-ortho nitro benzene ring substituents is 1. The van der Waals surface area contributed by atoms with Gasteiger partial charge in [0.25, 0.3) is 11.6 Å². The summed E-state index contributed by atoms with van der Waals surface area (Å²) in [6.07, 6.45) is 1.71. The van der Waals surface area contributed by atoms with E-state index in [1.165, 1.54) is 23.1 Å². The molecule has 10 heteroatoms. The van der Waals surface area contributed by atoms with E-state index >= 15 is 0 Å². The highest BCUT2D eigenvalue weighted by Gasteiger charge is 2.34. The molecule has 1 aliphatic rings. The molecule has 7 nitrogen and oxygen atoms in total. The minimum Gasteiger partial charge on any atom is -0.493 e. The molecule has 4 rings (SSSR count). The molecule has 34 heavy (non-hydrogen) atoms. The number of rotatable bonds is 7. The number of nitro benzene ring substituents is 1. The van der Waals surface area contributed by atoms with Crippen LogP contribution in [-0.4, -0.2) is 22.3 Å². The summed E-state index contributed by atoms with van der Waals surface area (Å²) in [5.74, 6) is 0.761. The molecule has 1 amide bonds. The predicted molar refractivity (Wildman–Crippen MR) is 140 cm³/mol. The lowest BCUT2D eigenvalue weighted by Gasteiger charge is -2.14. The Labute approximate surface area is 213 Å². The van der Waals surface area contributed by atoms with Gasteiger partial charge in [-0.1, -0.05) is 64.2 Å². The van der Waals surface area contributed by atoms with Crippen molar-refractivity contribution in [1.82, 2.24) is 0 Å². The molecule has 0 atom stereocenters. The Bertz CT molecular complexity index is 1310. The average molecular weight is 557 g/mol. The first-order valence-corrected chi connectivity index (χ1v) is 11.9. The Morgan fingerprint density at radius 3 is 2.59 bits per heavy atom. The number of amides is 1. The van der Waals surface area contributed by atoms with E-state index in [9.17, 15) is 14.9 Å². The zero-order valence-electron chi connectivity index (χ0n) is 17.8. The number of hydrogen-bond donors (Lipinski definition) is 0. The van der Waals surface area contributed by atoms with Crippen molar-refractivity contribution in [3.05, 3.63) is 97.3 Å². The average Bonchev–Trinajstić information content (AvgIpc) is 3.11. The van der Waals surface area contributed by atoms with Gasteiger partial charge in [-0.3, -0.25) is 19.8 Å². The number of benzene rings is 3. The Hall–Kier alpha value is -3.21. The Morgan fingerprint density at radius 1 is 1.12 bits per heavy atom. The molecule has 0 aromatic heterocycles. The minimum absolute atomic E-state index is 0.112. The summed E-state index contributed by atoms with van der Waals surface area (Å²) in [5, 5.41) is 11.1. The SMILES string of the molecule is COc1cc(C=C2SC(=S)N(c3cccc([N+](=O)[O-])c3)C2=O)ccc1OCc1ccc(Br)cc1. The monoisotopic (exact) mass is 556 g/mol. The van der Waals surface area contributed by atoms with Crippen LogP contribution in [0.2, 0.25) is 0 Å². The van der Waals surface area contributed by atoms with Crippen molar-refractivity contribution in [2.45, 2.75) is 6.61 Å². The number of nitro groups is 1. The van der Waals surface area contributed by atoms with Crippen LogP contribution in [0.15, 0.2) is 76.1 Å². The van der Waals surface area contributed by atoms with E-state index in [0.717, 1.165) is 27.4 Å². The van der Waals surface area contributed by atoms with Gasteiger partial charge < -0.3 is 9.47 Å². The van der Waals surface area contributed by atoms with Gasteiger partial charge >= 0.3 is 0 Å². The fourth-order valence-electron chi connectivity index (χ4n) is 3.22. The van der Waals surface area contributed by atoms with Crippen LogP contribution in [-0.2, 0) is 11.4 Å². The lowest BCUT2D eigenvalue weighted by Crippen LogP contribution is -2.27. The van der Waals surface area contributed by atoms with E-state index in [1.807, 2.05) is 30.3 Å². The van der Waals surface area contributed by atoms with Gasteiger partial charge in [0.05, 0.1) is 22.6 Å². The molecule has 0 bridgehead atoms. The summed E-state index contributed by atoms with van der Waals surface area (Å²) in [7, 11) is 1.55. The van der Waals surface area contributed by atoms with Crippen LogP contribution in [0, 0.1) is 10.1 Å². The van der Waals surface area contributed by atoms with Crippen molar-refractivity contribution in [1.29, 1.82) is 0 Å². The first kappa shape index (κ1) is 23.9. The number of methoxy groups -OCH3 is 1. The number of thiocarbonyl (C=S) groups is 1. The highest BCUT2D eigenvalue weighted by Crippen LogP contribution is 2.38. The molecule has 0 spiro atoms. The molecule has 0 aliphatic carbocycles. The number of carbonyl (C=O) groups is 1. The van der Waals surface area contributed by atoms with Crippen molar-refractivity contribution < 1.29 is 19.2 Å². The fourth-order valence-corrected chi connectivity index (χ4v) is 4.79. The number of thioether (sulfide) groups is 1. The number of carbonyl (C=O) groups excluding carboxylic acids is 1. The van der Waals surface area contributed by atoms with Gasteiger partial charge in [0.15, 0.2) is 15.8 Å². The van der Waals surface area contributed by atoms with E-state index in [4.69, 9.17) is 21.7 Å². The molecule has 0 N–H and O–H groups in total. The normalized spacial score (nSPS) is 14.5. The van der Waals surface area contributed by atoms with Crippen molar-refractivity contribution >= 4 is 67.6 Å². The third kappa shape index (κ3) is 5.30. The van der Waals surface area contributed by atoms with Gasteiger partial charge in [-0.15, -0.1) is 0 Å². The summed E-state index contributed by atoms with van der Waals surface area (Å²) in [4.78, 5) is 25.3. The smallest absolute Gasteiger partial charge is 0.271 e. The van der Waals surface area contributed by atoms with E-state index in [2.05, 4.69) is 15.9 Å². The van der Waals surface area contributed by atoms with Crippen molar-refractivity contribution in [3.63, 3.8) is 0 Å². The third-order valence-electron chi connectivity index (χ3n) is 4.89. The molecule has 172 valence electrons. The predicted octanol–water partition coefficient (Wildman–Crippen LogP) is 6.35. The summed E-state index contributed by atoms with van der Waals surface area (Å²) in [6.45, 7) is 0.380. The second-order valence-corrected chi connectivity index (χ2v) is 9.71. The van der Waals surface area contributed by atoms with Gasteiger partial charge in [-0.25, -0.2) is 0 Å². The van der Waals surface area contributed by atoms with Crippen LogP contribution < -0.4 is 14.4 Å². The second kappa shape index (κ2) is 10.4. The molecular formula is C24H17BrN2O5S2. The summed E-state index contributed by atoms with van der Waals surface area (Å²) >= 11 is 9.92. The van der Waals surface area contributed by atoms with Crippen molar-refractivity contribution in [2.75, 3.05) is 12.0 Å². The first-order valence-electron chi connectivity index (χ1n) is 9.93. The quantitative estimate of drug-likeness (QED) is 0.145. The van der Waals surface area contributed by atoms with Crippen molar-refractivity contribution in [2.24, 2.45) is 0 Å². The lowest BCUT2D eigenvalue weighted by molar-refractivity contribution is -0.384. The van der Waals surface area contributed by atoms with E-state index in [0.29, 0.717) is 33.0 Å². The Kier molecular flexibility index (Phi) is 7.30. The van der Waals surface area contributed by atoms with Crippen LogP contribution in [0.1, 0.15) is 11.1 Å². The van der Waals surface area contributed by atoms with Crippen LogP contribution in [0.25, 0.3) is 6.08 Å². The Morgan fingerprint density at radius 2 is 1.88 bits per heavy atom. The molecule has 3 aromatic rings. The fraction of sp³-hybridized carbons (Fsp3) is 0.0833. The van der Waals surface area contributed by atoms with Crippen molar-refractivity contribution in [3.8, 4) is 11.5 Å². The molecule has 3 aromatic carbocycles. The standard InChI is InChI=1S/C24H17BrN2O5S2/c1-31-21-11-16(7-10-20(21)32-14-15-5-8-17(25)9-6-15)12-22-23(28)26(24(33)34-22)18-3-2-4-19(13-18)27(29)30/h2-13H,14H2,1H3. The molecule has 1 aliphatic heterocycles. The summed E-state index contributed by atoms with van der Waals surface area (Å²) in [5.41, 5.74) is 1.99. The number of anilines is 1. The van der Waals surface area contributed by atoms with E-state index in [-0.39, 0.29) is 11.6 Å². The maximum atomic E-state index is 13.0. The molecule has 1 heterocycles. The largest absolute Gasteiger partial charge is 0.493 e. The molecule has 0 saturated carbocycles. The van der Waals surface area contributed by atoms with Gasteiger partial charge in [-0.2, -0.15) is 0 Å². The van der Waals surface area contributed by atoms with Crippen LogP contribution in [0.5, 0.6) is 11.5 Å². The number of ether oxygens (including phenoxy) is 2. The first-order chi connectivity index (χ1) is 16.4. The van der Waals surface area contributed by atoms with Crippen LogP contribution in [0.3, 0.4) is 0 Å². The topological polar surface area (TPSA) is 81.9 Å². The van der Waals surface area contributed by atoms with Crippen LogP contribution in [0.4, 0.5) is 11.4 Å². The zero-order valence-corrected chi connectivity index (χ0v) is 21.0. The minimum atomic E-state index is -0.510. The molecule has 0 radical (unpaired) electrons. The van der Waals surface area contributed by atoms with Gasteiger partial charge in [0, 0.05) is 16.6 Å². The maximum Gasteiger partial charge on any atom is 0.271 e. The molecule has 1 fully saturated rings. The molecule has 0 unspecified atom stereocenters. The second-order valence-electron chi connectivity index (χ2n) is 7.12. The highest BCUT2D eigenvalue weighted by molar-refractivity contribution is 9.10. The Balaban J connectivity index is 1.53. The molecule has 1 saturated heterocycles. The lowest BCUT2D eigenvalue weighted by atomic mass is 10.1. The molecular weight excluding hydrogens is 540 g/mol. The maximum absolute atomic E-state index is 13.0. The van der Waals surface area contributed by atoms with Gasteiger partial charge in [0.1, 0.15) is 6.61 Å². The third-order valence-corrected chi connectivity index (χ3v) is 6.72. The van der Waals surface area contributed by atoms with Crippen LogP contribution >= 0.6 is 39.9 Å². The zero-order chi connectivity index (χ0) is 24.2. The van der Waals surface area contributed by atoms with E-state index in [1.54, 1.807) is 31.4 Å². The summed E-state index contributed by atoms with van der Waals surface area (Å²) in [6, 6.07) is 19.0.